The number of ether oxygens (including phenoxy) is 1. The van der Waals surface area contributed by atoms with E-state index in [2.05, 4.69) is 16.7 Å². The van der Waals surface area contributed by atoms with Gasteiger partial charge < -0.3 is 19.8 Å². The average molecular weight is 326 g/mol. The summed E-state index contributed by atoms with van der Waals surface area (Å²) in [6, 6.07) is 15.7. The van der Waals surface area contributed by atoms with E-state index in [-0.39, 0.29) is 0 Å². The van der Waals surface area contributed by atoms with E-state index in [1.165, 1.54) is 5.56 Å². The number of rotatable bonds is 5. The molecule has 4 nitrogen and oxygen atoms in total. The highest BCUT2D eigenvalue weighted by atomic mass is 32.1. The van der Waals surface area contributed by atoms with Crippen molar-refractivity contribution in [1.29, 1.82) is 0 Å². The maximum atomic E-state index is 5.54. The highest BCUT2D eigenvalue weighted by molar-refractivity contribution is 7.80. The zero-order valence-corrected chi connectivity index (χ0v) is 13.7. The zero-order valence-electron chi connectivity index (χ0n) is 12.8. The normalized spacial score (nSPS) is 10.5. The van der Waals surface area contributed by atoms with Gasteiger partial charge in [-0.1, -0.05) is 30.3 Å². The minimum Gasteiger partial charge on any atom is -0.495 e. The first-order valence-electron chi connectivity index (χ1n) is 7.41. The van der Waals surface area contributed by atoms with E-state index in [0.717, 1.165) is 35.4 Å². The predicted molar refractivity (Wildman–Crippen MR) is 97.1 cm³/mol. The summed E-state index contributed by atoms with van der Waals surface area (Å²) in [7, 11) is 1.64. The number of benzene rings is 2. The molecule has 0 aliphatic heterocycles. The Morgan fingerprint density at radius 3 is 2.78 bits per heavy atom. The van der Waals surface area contributed by atoms with Crippen LogP contribution in [-0.4, -0.2) is 18.8 Å². The Labute approximate surface area is 140 Å². The summed E-state index contributed by atoms with van der Waals surface area (Å²) in [6.07, 6.45) is 2.65. The fraction of sp³-hybridized carbons (Fsp3) is 0.167. The van der Waals surface area contributed by atoms with Crippen LogP contribution in [0.15, 0.2) is 59.2 Å². The lowest BCUT2D eigenvalue weighted by Gasteiger charge is -2.13. The summed E-state index contributed by atoms with van der Waals surface area (Å²) >= 11 is 5.33. The number of para-hydroxylation sites is 3. The second-order valence-corrected chi connectivity index (χ2v) is 5.50. The molecular formula is C18H18N2O2S. The summed E-state index contributed by atoms with van der Waals surface area (Å²) in [5, 5.41) is 8.08. The molecule has 0 unspecified atom stereocenters. The van der Waals surface area contributed by atoms with Gasteiger partial charge in [0, 0.05) is 11.9 Å². The quantitative estimate of drug-likeness (QED) is 0.695. The van der Waals surface area contributed by atoms with Crippen molar-refractivity contribution in [1.82, 2.24) is 5.32 Å². The molecule has 0 spiro atoms. The van der Waals surface area contributed by atoms with Gasteiger partial charge in [0.1, 0.15) is 11.3 Å². The van der Waals surface area contributed by atoms with Crippen LogP contribution in [-0.2, 0) is 6.42 Å². The summed E-state index contributed by atoms with van der Waals surface area (Å²) in [4.78, 5) is 0. The van der Waals surface area contributed by atoms with Crippen LogP contribution < -0.4 is 15.4 Å². The van der Waals surface area contributed by atoms with Crippen LogP contribution in [0.5, 0.6) is 5.75 Å². The molecule has 23 heavy (non-hydrogen) atoms. The van der Waals surface area contributed by atoms with Gasteiger partial charge in [-0.05, 0) is 42.4 Å². The molecule has 0 radical (unpaired) electrons. The van der Waals surface area contributed by atoms with Crippen LogP contribution in [0.1, 0.15) is 5.56 Å². The molecule has 0 saturated carbocycles. The van der Waals surface area contributed by atoms with E-state index in [9.17, 15) is 0 Å². The molecule has 0 bridgehead atoms. The van der Waals surface area contributed by atoms with E-state index < -0.39 is 0 Å². The number of nitrogens with one attached hydrogen (secondary N) is 2. The minimum atomic E-state index is 0.572. The Balaban J connectivity index is 1.55. The van der Waals surface area contributed by atoms with Crippen LogP contribution in [0.3, 0.4) is 0 Å². The van der Waals surface area contributed by atoms with Crippen molar-refractivity contribution in [2.24, 2.45) is 0 Å². The van der Waals surface area contributed by atoms with E-state index in [0.29, 0.717) is 5.11 Å². The van der Waals surface area contributed by atoms with Crippen molar-refractivity contribution in [2.75, 3.05) is 19.0 Å². The molecule has 2 aromatic carbocycles. The Hall–Kier alpha value is -2.53. The molecule has 1 heterocycles. The molecule has 0 aliphatic rings. The summed E-state index contributed by atoms with van der Waals surface area (Å²) in [5.74, 6) is 0.762. The van der Waals surface area contributed by atoms with Crippen LogP contribution >= 0.6 is 12.2 Å². The van der Waals surface area contributed by atoms with Gasteiger partial charge in [-0.3, -0.25) is 0 Å². The molecule has 3 aromatic rings. The highest BCUT2D eigenvalue weighted by Gasteiger charge is 2.06. The molecule has 118 valence electrons. The van der Waals surface area contributed by atoms with Gasteiger partial charge in [-0.2, -0.15) is 0 Å². The molecule has 3 rings (SSSR count). The van der Waals surface area contributed by atoms with Crippen LogP contribution in [0.2, 0.25) is 0 Å². The maximum Gasteiger partial charge on any atom is 0.170 e. The second-order valence-electron chi connectivity index (χ2n) is 5.09. The van der Waals surface area contributed by atoms with Crippen molar-refractivity contribution in [3.63, 3.8) is 0 Å². The lowest BCUT2D eigenvalue weighted by Crippen LogP contribution is -2.30. The van der Waals surface area contributed by atoms with E-state index in [4.69, 9.17) is 21.4 Å². The van der Waals surface area contributed by atoms with Crippen LogP contribution in [0.4, 0.5) is 5.69 Å². The van der Waals surface area contributed by atoms with Gasteiger partial charge in [0.25, 0.3) is 0 Å². The van der Waals surface area contributed by atoms with Crippen molar-refractivity contribution < 1.29 is 9.15 Å². The summed E-state index contributed by atoms with van der Waals surface area (Å²) in [5.41, 5.74) is 2.94. The molecule has 0 fully saturated rings. The largest absolute Gasteiger partial charge is 0.495 e. The zero-order chi connectivity index (χ0) is 16.1. The van der Waals surface area contributed by atoms with Gasteiger partial charge >= 0.3 is 0 Å². The molecular weight excluding hydrogens is 308 g/mol. The van der Waals surface area contributed by atoms with E-state index in [1.54, 1.807) is 7.11 Å². The standard InChI is InChI=1S/C18H18N2O2S/c1-21-17-9-5-3-7-15(17)20-18(23)19-11-10-13-12-22-16-8-4-2-6-14(13)16/h2-9,12H,10-11H2,1H3,(H2,19,20,23). The average Bonchev–Trinajstić information content (AvgIpc) is 2.99. The monoisotopic (exact) mass is 326 g/mol. The first kappa shape index (κ1) is 15.4. The smallest absolute Gasteiger partial charge is 0.170 e. The fourth-order valence-corrected chi connectivity index (χ4v) is 2.66. The lowest BCUT2D eigenvalue weighted by molar-refractivity contribution is 0.417. The Kier molecular flexibility index (Phi) is 4.78. The summed E-state index contributed by atoms with van der Waals surface area (Å²) in [6.45, 7) is 0.727. The van der Waals surface area contributed by atoms with Gasteiger partial charge in [-0.15, -0.1) is 0 Å². The Bertz CT molecular complexity index is 813. The van der Waals surface area contributed by atoms with Crippen molar-refractivity contribution in [3.05, 3.63) is 60.4 Å². The van der Waals surface area contributed by atoms with Crippen molar-refractivity contribution in [3.8, 4) is 5.75 Å². The number of thiocarbonyl (C=S) groups is 1. The third-order valence-electron chi connectivity index (χ3n) is 3.60. The van der Waals surface area contributed by atoms with Crippen LogP contribution in [0.25, 0.3) is 11.0 Å². The number of fused-ring (bicyclic) bond motifs is 1. The van der Waals surface area contributed by atoms with Gasteiger partial charge in [-0.25, -0.2) is 0 Å². The van der Waals surface area contributed by atoms with Gasteiger partial charge in [0.05, 0.1) is 19.1 Å². The van der Waals surface area contributed by atoms with Crippen molar-refractivity contribution in [2.45, 2.75) is 6.42 Å². The maximum absolute atomic E-state index is 5.54. The molecule has 0 saturated heterocycles. The topological polar surface area (TPSA) is 46.4 Å². The lowest BCUT2D eigenvalue weighted by atomic mass is 10.1. The Morgan fingerprint density at radius 1 is 1.13 bits per heavy atom. The second kappa shape index (κ2) is 7.15. The summed E-state index contributed by atoms with van der Waals surface area (Å²) < 4.78 is 10.8. The van der Waals surface area contributed by atoms with E-state index >= 15 is 0 Å². The molecule has 1 aromatic heterocycles. The number of furan rings is 1. The van der Waals surface area contributed by atoms with Crippen molar-refractivity contribution >= 4 is 34.0 Å². The number of methoxy groups -OCH3 is 1. The molecule has 5 heteroatoms. The fourth-order valence-electron chi connectivity index (χ4n) is 2.45. The highest BCUT2D eigenvalue weighted by Crippen LogP contribution is 2.23. The van der Waals surface area contributed by atoms with E-state index in [1.807, 2.05) is 48.7 Å². The van der Waals surface area contributed by atoms with Crippen LogP contribution in [0, 0.1) is 0 Å². The SMILES string of the molecule is COc1ccccc1NC(=S)NCCc1coc2ccccc12. The van der Waals surface area contributed by atoms with Gasteiger partial charge in [0.2, 0.25) is 0 Å². The molecule has 0 amide bonds. The first-order valence-corrected chi connectivity index (χ1v) is 7.82. The number of anilines is 1. The minimum absolute atomic E-state index is 0.572. The first-order chi connectivity index (χ1) is 11.3. The Morgan fingerprint density at radius 2 is 1.91 bits per heavy atom. The molecule has 0 atom stereocenters. The third kappa shape index (κ3) is 3.63. The number of hydrogen-bond acceptors (Lipinski definition) is 3. The predicted octanol–water partition coefficient (Wildman–Crippen LogP) is 3.97. The molecule has 0 aliphatic carbocycles. The third-order valence-corrected chi connectivity index (χ3v) is 3.84. The number of hydrogen-bond donors (Lipinski definition) is 2. The van der Waals surface area contributed by atoms with Gasteiger partial charge in [0.15, 0.2) is 5.11 Å². The molecule has 2 N–H and O–H groups in total.